The minimum Gasteiger partial charge on any atom is -0.496 e. The number of ether oxygens (including phenoxy) is 1. The third kappa shape index (κ3) is 5.20. The predicted octanol–water partition coefficient (Wildman–Crippen LogP) is 4.11. The van der Waals surface area contributed by atoms with Gasteiger partial charge in [-0.1, -0.05) is 6.08 Å². The molecule has 0 saturated carbocycles. The number of carbonyl (C=O) groups excluding carboxylic acids is 1. The molecule has 1 atom stereocenters. The first-order chi connectivity index (χ1) is 16.8. The first kappa shape index (κ1) is 23.8. The zero-order valence-corrected chi connectivity index (χ0v) is 20.3. The van der Waals surface area contributed by atoms with E-state index in [2.05, 4.69) is 26.3 Å². The molecule has 2 aliphatic rings. The van der Waals surface area contributed by atoms with Gasteiger partial charge in [-0.3, -0.25) is 18.8 Å². The van der Waals surface area contributed by atoms with Crippen molar-refractivity contribution in [1.29, 1.82) is 0 Å². The Morgan fingerprint density at radius 1 is 1.31 bits per heavy atom. The number of halogens is 1. The second-order valence-electron chi connectivity index (χ2n) is 9.09. The Kier molecular flexibility index (Phi) is 6.54. The lowest BCUT2D eigenvalue weighted by Crippen LogP contribution is -2.43. The van der Waals surface area contributed by atoms with Crippen LogP contribution in [0.1, 0.15) is 18.5 Å². The number of hydrogen-bond acceptors (Lipinski definition) is 6. The summed E-state index contributed by atoms with van der Waals surface area (Å²) in [5.41, 5.74) is 4.32. The van der Waals surface area contributed by atoms with Gasteiger partial charge in [0.05, 0.1) is 19.4 Å². The molecule has 0 bridgehead atoms. The van der Waals surface area contributed by atoms with Crippen LogP contribution in [-0.4, -0.2) is 74.2 Å². The summed E-state index contributed by atoms with van der Waals surface area (Å²) in [4.78, 5) is 22.3. The summed E-state index contributed by atoms with van der Waals surface area (Å²) in [7, 11) is -0.955. The van der Waals surface area contributed by atoms with Gasteiger partial charge in [0, 0.05) is 47.7 Å². The quantitative estimate of drug-likeness (QED) is 0.406. The highest BCUT2D eigenvalue weighted by molar-refractivity contribution is 8.24. The van der Waals surface area contributed by atoms with E-state index in [9.17, 15) is 18.3 Å². The number of nitrogens with zero attached hydrogens (tertiary/aromatic N) is 2. The third-order valence-corrected chi connectivity index (χ3v) is 8.44. The second-order valence-corrected chi connectivity index (χ2v) is 11.4. The van der Waals surface area contributed by atoms with Gasteiger partial charge in [0.1, 0.15) is 17.2 Å². The molecule has 186 valence electrons. The Morgan fingerprint density at radius 2 is 2.17 bits per heavy atom. The maximum absolute atomic E-state index is 14.0. The Hall–Kier alpha value is -2.92. The van der Waals surface area contributed by atoms with E-state index >= 15 is 0 Å². The molecule has 1 amide bonds. The van der Waals surface area contributed by atoms with E-state index in [1.807, 2.05) is 12.1 Å². The number of hydrogen-bond donors (Lipinski definition) is 4. The summed E-state index contributed by atoms with van der Waals surface area (Å²) < 4.78 is 38.9. The van der Waals surface area contributed by atoms with Crippen LogP contribution < -0.4 is 10.1 Å². The topological polar surface area (TPSA) is 111 Å². The number of H-pyrrole nitrogens is 1. The van der Waals surface area contributed by atoms with Crippen LogP contribution in [0.3, 0.4) is 0 Å². The first-order valence-corrected chi connectivity index (χ1v) is 13.5. The van der Waals surface area contributed by atoms with E-state index in [1.54, 1.807) is 19.4 Å². The normalized spacial score (nSPS) is 21.0. The van der Waals surface area contributed by atoms with Gasteiger partial charge in [-0.25, -0.2) is 9.37 Å². The number of nitrogens with one attached hydrogen (secondary N) is 2. The Balaban J connectivity index is 1.29. The Bertz CT molecular complexity index is 1290. The maximum atomic E-state index is 14.0. The highest BCUT2D eigenvalue weighted by atomic mass is 32.3. The lowest BCUT2D eigenvalue weighted by Gasteiger charge is -2.27. The zero-order chi connectivity index (χ0) is 24.6. The fraction of sp³-hybridized carbons (Fsp3) is 0.360. The van der Waals surface area contributed by atoms with Crippen LogP contribution in [0.5, 0.6) is 5.75 Å². The minimum absolute atomic E-state index is 0.0903. The van der Waals surface area contributed by atoms with Crippen LogP contribution >= 0.6 is 10.6 Å². The molecule has 1 unspecified atom stereocenters. The standard InChI is InChI=1S/C25H29FN4O4S/c1-34-23-3-2-17(26)12-20(23)19-4-8-27-25-21(19)13-22(29-25)16-5-9-30(10-6-16)14-24(31)28-18-7-11-35(32,33)15-18/h2-5,8,12-13,18,32-33H,6-7,9-11,14-15H2,1H3,(H,27,29)(H,28,31). The molecule has 1 fully saturated rings. The van der Waals surface area contributed by atoms with E-state index in [1.165, 1.54) is 12.1 Å². The molecule has 2 aliphatic heterocycles. The van der Waals surface area contributed by atoms with Gasteiger partial charge in [0.15, 0.2) is 0 Å². The van der Waals surface area contributed by atoms with Gasteiger partial charge < -0.3 is 15.0 Å². The highest BCUT2D eigenvalue weighted by Crippen LogP contribution is 2.45. The molecule has 0 spiro atoms. The number of rotatable bonds is 6. The van der Waals surface area contributed by atoms with Gasteiger partial charge in [-0.15, -0.1) is 0 Å². The van der Waals surface area contributed by atoms with Crippen molar-refractivity contribution in [2.75, 3.05) is 38.2 Å². The molecule has 0 radical (unpaired) electrons. The zero-order valence-electron chi connectivity index (χ0n) is 19.5. The van der Waals surface area contributed by atoms with E-state index in [0.29, 0.717) is 35.7 Å². The van der Waals surface area contributed by atoms with Gasteiger partial charge >= 0.3 is 0 Å². The average Bonchev–Trinajstić information content (AvgIpc) is 3.42. The van der Waals surface area contributed by atoms with Crippen LogP contribution in [0.4, 0.5) is 4.39 Å². The molecular weight excluding hydrogens is 471 g/mol. The van der Waals surface area contributed by atoms with Crippen molar-refractivity contribution in [2.24, 2.45) is 0 Å². The summed E-state index contributed by atoms with van der Waals surface area (Å²) >= 11 is 0. The van der Waals surface area contributed by atoms with Crippen molar-refractivity contribution in [3.63, 3.8) is 0 Å². The number of methoxy groups -OCH3 is 1. The molecule has 8 nitrogen and oxygen atoms in total. The molecule has 3 aromatic rings. The Morgan fingerprint density at radius 3 is 2.89 bits per heavy atom. The molecule has 35 heavy (non-hydrogen) atoms. The molecule has 0 aliphatic carbocycles. The van der Waals surface area contributed by atoms with Crippen molar-refractivity contribution < 1.29 is 23.0 Å². The molecule has 2 aromatic heterocycles. The summed E-state index contributed by atoms with van der Waals surface area (Å²) in [6.07, 6.45) is 5.18. The van der Waals surface area contributed by atoms with Crippen LogP contribution in [0.25, 0.3) is 27.7 Å². The van der Waals surface area contributed by atoms with Crippen LogP contribution in [0.15, 0.2) is 42.6 Å². The SMILES string of the molecule is COc1ccc(F)cc1-c1ccnc2[nH]c(C3=CCN(CC(=O)NC4CCS(O)(O)C4)CC3)cc12. The number of fused-ring (bicyclic) bond motifs is 1. The maximum Gasteiger partial charge on any atom is 0.234 e. The molecule has 4 N–H and O–H groups in total. The van der Waals surface area contributed by atoms with E-state index in [4.69, 9.17) is 4.74 Å². The van der Waals surface area contributed by atoms with Crippen molar-refractivity contribution in [3.05, 3.63) is 54.1 Å². The van der Waals surface area contributed by atoms with Gasteiger partial charge in [0.25, 0.3) is 0 Å². The number of amides is 1. The van der Waals surface area contributed by atoms with Crippen molar-refractivity contribution in [1.82, 2.24) is 20.2 Å². The van der Waals surface area contributed by atoms with Crippen LogP contribution in [0, 0.1) is 5.82 Å². The minimum atomic E-state index is -2.52. The smallest absolute Gasteiger partial charge is 0.234 e. The lowest BCUT2D eigenvalue weighted by molar-refractivity contribution is -0.122. The largest absolute Gasteiger partial charge is 0.496 e. The summed E-state index contributed by atoms with van der Waals surface area (Å²) in [6.45, 7) is 1.64. The van der Waals surface area contributed by atoms with Gasteiger partial charge in [-0.05, 0) is 54.3 Å². The fourth-order valence-electron chi connectivity index (χ4n) is 4.83. The molecule has 1 aromatic carbocycles. The van der Waals surface area contributed by atoms with Crippen LogP contribution in [0.2, 0.25) is 0 Å². The number of carbonyl (C=O) groups is 1. The average molecular weight is 501 g/mol. The Labute approximate surface area is 204 Å². The van der Waals surface area contributed by atoms with Gasteiger partial charge in [-0.2, -0.15) is 10.6 Å². The van der Waals surface area contributed by atoms with Crippen LogP contribution in [-0.2, 0) is 4.79 Å². The molecule has 10 heteroatoms. The van der Waals surface area contributed by atoms with Crippen molar-refractivity contribution in [3.8, 4) is 16.9 Å². The molecule has 1 saturated heterocycles. The second kappa shape index (κ2) is 9.62. The van der Waals surface area contributed by atoms with Crippen molar-refractivity contribution in [2.45, 2.75) is 18.9 Å². The predicted molar refractivity (Wildman–Crippen MR) is 136 cm³/mol. The lowest BCUT2D eigenvalue weighted by atomic mass is 10.0. The first-order valence-electron chi connectivity index (χ1n) is 11.6. The number of aromatic nitrogens is 2. The molecular formula is C25H29FN4O4S. The molecule has 5 rings (SSSR count). The highest BCUT2D eigenvalue weighted by Gasteiger charge is 2.29. The van der Waals surface area contributed by atoms with E-state index in [-0.39, 0.29) is 30.1 Å². The third-order valence-electron chi connectivity index (χ3n) is 6.62. The van der Waals surface area contributed by atoms with Crippen molar-refractivity contribution >= 4 is 33.1 Å². The fourth-order valence-corrected chi connectivity index (χ4v) is 6.56. The monoisotopic (exact) mass is 500 g/mol. The summed E-state index contributed by atoms with van der Waals surface area (Å²) in [5, 5.41) is 3.81. The van der Waals surface area contributed by atoms with E-state index in [0.717, 1.165) is 35.2 Å². The van der Waals surface area contributed by atoms with Gasteiger partial charge in [0.2, 0.25) is 5.91 Å². The number of pyridine rings is 1. The number of benzene rings is 1. The molecule has 4 heterocycles. The summed E-state index contributed by atoms with van der Waals surface area (Å²) in [5.74, 6) is 0.783. The summed E-state index contributed by atoms with van der Waals surface area (Å²) in [6, 6.07) is 8.20. The number of aromatic amines is 1. The van der Waals surface area contributed by atoms with E-state index < -0.39 is 10.6 Å².